The van der Waals surface area contributed by atoms with Crippen LogP contribution >= 0.6 is 0 Å². The lowest BCUT2D eigenvalue weighted by Crippen LogP contribution is -2.12. The molecular weight excluding hydrogens is 294 g/mol. The SMILES string of the molecule is CC(C)OC(=O)CC[C@H](O)c1ccc(NS(C)(=O)=O)cc1. The summed E-state index contributed by atoms with van der Waals surface area (Å²) in [6.45, 7) is 3.53. The Kier molecular flexibility index (Phi) is 6.17. The van der Waals surface area contributed by atoms with E-state index in [0.717, 1.165) is 6.26 Å². The minimum absolute atomic E-state index is 0.128. The van der Waals surface area contributed by atoms with Gasteiger partial charge in [-0.1, -0.05) is 12.1 Å². The van der Waals surface area contributed by atoms with E-state index in [1.807, 2.05) is 0 Å². The number of rotatable bonds is 7. The number of carbonyl (C=O) groups excluding carboxylic acids is 1. The number of hydrogen-bond acceptors (Lipinski definition) is 5. The average Bonchev–Trinajstić information content (AvgIpc) is 2.34. The van der Waals surface area contributed by atoms with Crippen LogP contribution in [0.25, 0.3) is 0 Å². The molecule has 1 aromatic carbocycles. The maximum Gasteiger partial charge on any atom is 0.306 e. The topological polar surface area (TPSA) is 92.7 Å². The fourth-order valence-corrected chi connectivity index (χ4v) is 2.29. The Morgan fingerprint density at radius 2 is 1.86 bits per heavy atom. The van der Waals surface area contributed by atoms with E-state index >= 15 is 0 Å². The van der Waals surface area contributed by atoms with Gasteiger partial charge in [-0.25, -0.2) is 8.42 Å². The molecule has 118 valence electrons. The first-order chi connectivity index (χ1) is 9.67. The number of benzene rings is 1. The van der Waals surface area contributed by atoms with E-state index in [2.05, 4.69) is 4.72 Å². The summed E-state index contributed by atoms with van der Waals surface area (Å²) in [7, 11) is -3.32. The largest absolute Gasteiger partial charge is 0.463 e. The molecular formula is C14H21NO5S. The lowest BCUT2D eigenvalue weighted by molar-refractivity contribution is -0.148. The predicted octanol–water partition coefficient (Wildman–Crippen LogP) is 1.82. The standard InChI is InChI=1S/C14H21NO5S/c1-10(2)20-14(17)9-8-13(16)11-4-6-12(7-5-11)15-21(3,18)19/h4-7,10,13,15-16H,8-9H2,1-3H3/t13-/m0/s1. The first-order valence-electron chi connectivity index (χ1n) is 6.62. The highest BCUT2D eigenvalue weighted by Gasteiger charge is 2.12. The van der Waals surface area contributed by atoms with Crippen LogP contribution in [0.15, 0.2) is 24.3 Å². The van der Waals surface area contributed by atoms with Crippen molar-refractivity contribution in [1.29, 1.82) is 0 Å². The summed E-state index contributed by atoms with van der Waals surface area (Å²) in [5, 5.41) is 9.98. The molecule has 1 atom stereocenters. The zero-order valence-corrected chi connectivity index (χ0v) is 13.2. The van der Waals surface area contributed by atoms with Crippen molar-refractivity contribution in [2.45, 2.75) is 38.9 Å². The molecule has 0 saturated heterocycles. The molecule has 7 heteroatoms. The molecule has 0 saturated carbocycles. The van der Waals surface area contributed by atoms with Crippen LogP contribution in [0.1, 0.15) is 38.4 Å². The average molecular weight is 315 g/mol. The van der Waals surface area contributed by atoms with Crippen LogP contribution in [-0.2, 0) is 19.6 Å². The molecule has 0 aliphatic carbocycles. The molecule has 0 heterocycles. The Labute approximate surface area is 125 Å². The summed E-state index contributed by atoms with van der Waals surface area (Å²) < 4.78 is 29.5. The summed E-state index contributed by atoms with van der Waals surface area (Å²) in [6, 6.07) is 6.36. The zero-order valence-electron chi connectivity index (χ0n) is 12.4. The van der Waals surface area contributed by atoms with Crippen LogP contribution in [0.3, 0.4) is 0 Å². The zero-order chi connectivity index (χ0) is 16.0. The van der Waals surface area contributed by atoms with Crippen molar-refractivity contribution in [1.82, 2.24) is 0 Å². The molecule has 2 N–H and O–H groups in total. The molecule has 0 aromatic heterocycles. The second-order valence-corrected chi connectivity index (χ2v) is 6.84. The molecule has 21 heavy (non-hydrogen) atoms. The van der Waals surface area contributed by atoms with E-state index in [9.17, 15) is 18.3 Å². The van der Waals surface area contributed by atoms with Crippen molar-refractivity contribution in [2.75, 3.05) is 11.0 Å². The highest BCUT2D eigenvalue weighted by molar-refractivity contribution is 7.92. The Morgan fingerprint density at radius 3 is 2.33 bits per heavy atom. The van der Waals surface area contributed by atoms with E-state index in [0.29, 0.717) is 11.3 Å². The Bertz CT molecular complexity index is 566. The number of sulfonamides is 1. The molecule has 0 spiro atoms. The summed E-state index contributed by atoms with van der Waals surface area (Å²) in [5.74, 6) is -0.348. The highest BCUT2D eigenvalue weighted by Crippen LogP contribution is 2.21. The van der Waals surface area contributed by atoms with Crippen LogP contribution in [0.5, 0.6) is 0 Å². The number of carbonyl (C=O) groups is 1. The summed E-state index contributed by atoms with van der Waals surface area (Å²) in [4.78, 5) is 11.4. The number of ether oxygens (including phenoxy) is 1. The van der Waals surface area contributed by atoms with Gasteiger partial charge in [0.05, 0.1) is 18.5 Å². The Morgan fingerprint density at radius 1 is 1.29 bits per heavy atom. The van der Waals surface area contributed by atoms with Crippen molar-refractivity contribution < 1.29 is 23.1 Å². The number of aliphatic hydroxyl groups is 1. The van der Waals surface area contributed by atoms with Gasteiger partial charge in [0.2, 0.25) is 10.0 Å². The van der Waals surface area contributed by atoms with Crippen LogP contribution in [0.4, 0.5) is 5.69 Å². The van der Waals surface area contributed by atoms with E-state index < -0.39 is 16.1 Å². The van der Waals surface area contributed by atoms with E-state index in [1.54, 1.807) is 38.1 Å². The van der Waals surface area contributed by atoms with Gasteiger partial charge in [-0.3, -0.25) is 9.52 Å². The normalized spacial score (nSPS) is 13.0. The molecule has 6 nitrogen and oxygen atoms in total. The smallest absolute Gasteiger partial charge is 0.306 e. The summed E-state index contributed by atoms with van der Waals surface area (Å²) >= 11 is 0. The molecule has 0 bridgehead atoms. The fourth-order valence-electron chi connectivity index (χ4n) is 1.73. The van der Waals surface area contributed by atoms with Gasteiger partial charge in [-0.2, -0.15) is 0 Å². The lowest BCUT2D eigenvalue weighted by atomic mass is 10.0. The monoisotopic (exact) mass is 315 g/mol. The highest BCUT2D eigenvalue weighted by atomic mass is 32.2. The van der Waals surface area contributed by atoms with Crippen LogP contribution < -0.4 is 4.72 Å². The van der Waals surface area contributed by atoms with E-state index in [1.165, 1.54) is 0 Å². The predicted molar refractivity (Wildman–Crippen MR) is 80.3 cm³/mol. The quantitative estimate of drug-likeness (QED) is 0.749. The third-order valence-electron chi connectivity index (χ3n) is 2.59. The Hall–Kier alpha value is -1.60. The van der Waals surface area contributed by atoms with Gasteiger partial charge in [-0.15, -0.1) is 0 Å². The van der Waals surface area contributed by atoms with Gasteiger partial charge >= 0.3 is 5.97 Å². The lowest BCUT2D eigenvalue weighted by Gasteiger charge is -2.13. The molecule has 1 rings (SSSR count). The molecule has 0 fully saturated rings. The van der Waals surface area contributed by atoms with Crippen LogP contribution in [0, 0.1) is 0 Å². The maximum absolute atomic E-state index is 11.4. The van der Waals surface area contributed by atoms with E-state index in [4.69, 9.17) is 4.74 Å². The van der Waals surface area contributed by atoms with Crippen molar-refractivity contribution in [2.24, 2.45) is 0 Å². The van der Waals surface area contributed by atoms with Gasteiger partial charge < -0.3 is 9.84 Å². The van der Waals surface area contributed by atoms with Gasteiger partial charge in [0.15, 0.2) is 0 Å². The van der Waals surface area contributed by atoms with Crippen LogP contribution in [0.2, 0.25) is 0 Å². The minimum Gasteiger partial charge on any atom is -0.463 e. The summed E-state index contributed by atoms with van der Waals surface area (Å²) in [5.41, 5.74) is 1.04. The fraction of sp³-hybridized carbons (Fsp3) is 0.500. The first kappa shape index (κ1) is 17.5. The van der Waals surface area contributed by atoms with Gasteiger partial charge in [0, 0.05) is 12.1 Å². The number of aliphatic hydroxyl groups excluding tert-OH is 1. The van der Waals surface area contributed by atoms with Crippen LogP contribution in [-0.4, -0.2) is 31.9 Å². The number of esters is 1. The molecule has 0 unspecified atom stereocenters. The van der Waals surface area contributed by atoms with Crippen molar-refractivity contribution in [3.8, 4) is 0 Å². The minimum atomic E-state index is -3.32. The van der Waals surface area contributed by atoms with E-state index in [-0.39, 0.29) is 24.9 Å². The molecule has 0 aliphatic heterocycles. The second kappa shape index (κ2) is 7.42. The van der Waals surface area contributed by atoms with Crippen molar-refractivity contribution in [3.05, 3.63) is 29.8 Å². The van der Waals surface area contributed by atoms with Crippen molar-refractivity contribution >= 4 is 21.7 Å². The maximum atomic E-state index is 11.4. The van der Waals surface area contributed by atoms with Gasteiger partial charge in [0.1, 0.15) is 0 Å². The number of hydrogen-bond donors (Lipinski definition) is 2. The van der Waals surface area contributed by atoms with Crippen molar-refractivity contribution in [3.63, 3.8) is 0 Å². The first-order valence-corrected chi connectivity index (χ1v) is 8.52. The molecule has 1 aromatic rings. The third kappa shape index (κ3) is 7.10. The molecule has 0 amide bonds. The molecule has 0 radical (unpaired) electrons. The second-order valence-electron chi connectivity index (χ2n) is 5.09. The summed E-state index contributed by atoms with van der Waals surface area (Å²) in [6.07, 6.45) is 0.483. The van der Waals surface area contributed by atoms with Gasteiger partial charge in [-0.05, 0) is 38.0 Å². The number of nitrogens with one attached hydrogen (secondary N) is 1. The van der Waals surface area contributed by atoms with Gasteiger partial charge in [0.25, 0.3) is 0 Å². The number of anilines is 1. The molecule has 0 aliphatic rings. The Balaban J connectivity index is 2.55. The third-order valence-corrected chi connectivity index (χ3v) is 3.19.